The van der Waals surface area contributed by atoms with Crippen molar-refractivity contribution in [2.45, 2.75) is 31.1 Å². The molecule has 1 aromatic heterocycles. The van der Waals surface area contributed by atoms with Gasteiger partial charge in [-0.3, -0.25) is 4.72 Å². The van der Waals surface area contributed by atoms with Crippen LogP contribution in [0.5, 0.6) is 5.75 Å². The summed E-state index contributed by atoms with van der Waals surface area (Å²) >= 11 is 1.26. The molecule has 0 unspecified atom stereocenters. The molecule has 0 spiro atoms. The number of hydrogen-bond donors (Lipinski definition) is 1. The standard InChI is InChI=1S/C20H22N2O3S2/c1-20(2,3)15-7-5-14(6-8-15)18-13-26-19(21-18)22-27(23,24)17-11-9-16(25-4)10-12-17/h5-13H,1-4H3,(H,21,22). The van der Waals surface area contributed by atoms with Gasteiger partial charge in [0.1, 0.15) is 5.75 Å². The molecule has 3 rings (SSSR count). The monoisotopic (exact) mass is 402 g/mol. The van der Waals surface area contributed by atoms with E-state index < -0.39 is 10.0 Å². The average molecular weight is 403 g/mol. The van der Waals surface area contributed by atoms with Crippen molar-refractivity contribution in [2.75, 3.05) is 11.8 Å². The third-order valence-corrected chi connectivity index (χ3v) is 6.38. The zero-order valence-corrected chi connectivity index (χ0v) is 17.3. The van der Waals surface area contributed by atoms with Crippen LogP contribution in [0.4, 0.5) is 5.13 Å². The zero-order valence-electron chi connectivity index (χ0n) is 15.7. The molecule has 0 aliphatic carbocycles. The molecule has 142 valence electrons. The van der Waals surface area contributed by atoms with Gasteiger partial charge in [-0.05, 0) is 35.2 Å². The predicted octanol–water partition coefficient (Wildman–Crippen LogP) is 4.92. The van der Waals surface area contributed by atoms with Crippen LogP contribution in [0.15, 0.2) is 58.8 Å². The average Bonchev–Trinajstić information content (AvgIpc) is 3.09. The molecular formula is C20H22N2O3S2. The van der Waals surface area contributed by atoms with Gasteiger partial charge in [0.2, 0.25) is 0 Å². The molecule has 27 heavy (non-hydrogen) atoms. The summed E-state index contributed by atoms with van der Waals surface area (Å²) in [6, 6.07) is 14.4. The van der Waals surface area contributed by atoms with Crippen molar-refractivity contribution in [1.29, 1.82) is 0 Å². The molecule has 0 atom stereocenters. The SMILES string of the molecule is COc1ccc(S(=O)(=O)Nc2nc(-c3ccc(C(C)(C)C)cc3)cs2)cc1. The first-order valence-corrected chi connectivity index (χ1v) is 10.8. The third kappa shape index (κ3) is 4.48. The Labute approximate surface area is 164 Å². The van der Waals surface area contributed by atoms with Crippen LogP contribution >= 0.6 is 11.3 Å². The molecule has 0 amide bonds. The lowest BCUT2D eigenvalue weighted by Gasteiger charge is -2.18. The first-order chi connectivity index (χ1) is 12.7. The number of thiazole rings is 1. The maximum Gasteiger partial charge on any atom is 0.263 e. The van der Waals surface area contributed by atoms with Crippen molar-refractivity contribution in [3.8, 4) is 17.0 Å². The first-order valence-electron chi connectivity index (χ1n) is 8.42. The van der Waals surface area contributed by atoms with Crippen molar-refractivity contribution in [3.05, 3.63) is 59.5 Å². The van der Waals surface area contributed by atoms with Gasteiger partial charge in [0, 0.05) is 10.9 Å². The second-order valence-electron chi connectivity index (χ2n) is 7.15. The van der Waals surface area contributed by atoms with Crippen molar-refractivity contribution < 1.29 is 13.2 Å². The van der Waals surface area contributed by atoms with E-state index in [1.807, 2.05) is 17.5 Å². The van der Waals surface area contributed by atoms with E-state index >= 15 is 0 Å². The van der Waals surface area contributed by atoms with Gasteiger partial charge in [-0.1, -0.05) is 45.0 Å². The number of nitrogens with one attached hydrogen (secondary N) is 1. The molecule has 0 saturated carbocycles. The highest BCUT2D eigenvalue weighted by molar-refractivity contribution is 7.93. The number of sulfonamides is 1. The lowest BCUT2D eigenvalue weighted by atomic mass is 9.86. The Balaban J connectivity index is 1.79. The zero-order chi connectivity index (χ0) is 19.7. The van der Waals surface area contributed by atoms with E-state index in [1.165, 1.54) is 36.1 Å². The number of benzene rings is 2. The normalized spacial score (nSPS) is 12.0. The van der Waals surface area contributed by atoms with E-state index in [0.29, 0.717) is 10.9 Å². The largest absolute Gasteiger partial charge is 0.497 e. The minimum atomic E-state index is -3.69. The molecule has 0 radical (unpaired) electrons. The van der Waals surface area contributed by atoms with Crippen LogP contribution in [-0.4, -0.2) is 20.5 Å². The van der Waals surface area contributed by atoms with E-state index in [4.69, 9.17) is 4.74 Å². The maximum atomic E-state index is 12.5. The van der Waals surface area contributed by atoms with Crippen LogP contribution in [0.25, 0.3) is 11.3 Å². The highest BCUT2D eigenvalue weighted by atomic mass is 32.2. The molecular weight excluding hydrogens is 380 g/mol. The van der Waals surface area contributed by atoms with Gasteiger partial charge in [0.05, 0.1) is 17.7 Å². The minimum Gasteiger partial charge on any atom is -0.497 e. The number of anilines is 1. The maximum absolute atomic E-state index is 12.5. The van der Waals surface area contributed by atoms with Gasteiger partial charge in [-0.2, -0.15) is 0 Å². The smallest absolute Gasteiger partial charge is 0.263 e. The van der Waals surface area contributed by atoms with Crippen molar-refractivity contribution in [2.24, 2.45) is 0 Å². The molecule has 0 fully saturated rings. The quantitative estimate of drug-likeness (QED) is 0.658. The van der Waals surface area contributed by atoms with E-state index in [1.54, 1.807) is 12.1 Å². The molecule has 7 heteroatoms. The molecule has 1 heterocycles. The van der Waals surface area contributed by atoms with Gasteiger partial charge in [-0.25, -0.2) is 13.4 Å². The molecule has 2 aromatic carbocycles. The fourth-order valence-electron chi connectivity index (χ4n) is 2.52. The first kappa shape index (κ1) is 19.4. The van der Waals surface area contributed by atoms with E-state index in [2.05, 4.69) is 42.6 Å². The Kier molecular flexibility index (Phi) is 5.26. The second kappa shape index (κ2) is 7.32. The van der Waals surface area contributed by atoms with Crippen LogP contribution < -0.4 is 9.46 Å². The Morgan fingerprint density at radius 1 is 1.00 bits per heavy atom. The fourth-order valence-corrected chi connectivity index (χ4v) is 4.50. The summed E-state index contributed by atoms with van der Waals surface area (Å²) in [5.41, 5.74) is 3.02. The lowest BCUT2D eigenvalue weighted by molar-refractivity contribution is 0.414. The summed E-state index contributed by atoms with van der Waals surface area (Å²) in [6.07, 6.45) is 0. The van der Waals surface area contributed by atoms with Crippen LogP contribution in [-0.2, 0) is 15.4 Å². The topological polar surface area (TPSA) is 68.3 Å². The molecule has 0 aliphatic rings. The Morgan fingerprint density at radius 3 is 2.19 bits per heavy atom. The van der Waals surface area contributed by atoms with Gasteiger partial charge < -0.3 is 4.74 Å². The van der Waals surface area contributed by atoms with Crippen LogP contribution in [0.1, 0.15) is 26.3 Å². The number of nitrogens with zero attached hydrogens (tertiary/aromatic N) is 1. The van der Waals surface area contributed by atoms with Crippen LogP contribution in [0.2, 0.25) is 0 Å². The van der Waals surface area contributed by atoms with Crippen LogP contribution in [0, 0.1) is 0 Å². The summed E-state index contributed by atoms with van der Waals surface area (Å²) in [5.74, 6) is 0.601. The Hall–Kier alpha value is -2.38. The summed E-state index contributed by atoms with van der Waals surface area (Å²) < 4.78 is 32.6. The predicted molar refractivity (Wildman–Crippen MR) is 110 cm³/mol. The van der Waals surface area contributed by atoms with Crippen LogP contribution in [0.3, 0.4) is 0 Å². The number of hydrogen-bond acceptors (Lipinski definition) is 5. The number of methoxy groups -OCH3 is 1. The number of rotatable bonds is 5. The van der Waals surface area contributed by atoms with Crippen molar-refractivity contribution >= 4 is 26.5 Å². The van der Waals surface area contributed by atoms with Gasteiger partial charge in [0.15, 0.2) is 5.13 Å². The molecule has 0 saturated heterocycles. The molecule has 3 aromatic rings. The second-order valence-corrected chi connectivity index (χ2v) is 9.69. The van der Waals surface area contributed by atoms with Crippen molar-refractivity contribution in [1.82, 2.24) is 4.98 Å². The van der Waals surface area contributed by atoms with E-state index in [9.17, 15) is 8.42 Å². The van der Waals surface area contributed by atoms with Gasteiger partial charge >= 0.3 is 0 Å². The number of aromatic nitrogens is 1. The highest BCUT2D eigenvalue weighted by Gasteiger charge is 2.17. The van der Waals surface area contributed by atoms with Gasteiger partial charge in [0.25, 0.3) is 10.0 Å². The Morgan fingerprint density at radius 2 is 1.63 bits per heavy atom. The summed E-state index contributed by atoms with van der Waals surface area (Å²) in [5, 5.41) is 2.18. The highest BCUT2D eigenvalue weighted by Crippen LogP contribution is 2.29. The molecule has 0 aliphatic heterocycles. The minimum absolute atomic E-state index is 0.0831. The fraction of sp³-hybridized carbons (Fsp3) is 0.250. The molecule has 0 bridgehead atoms. The molecule has 1 N–H and O–H groups in total. The summed E-state index contributed by atoms with van der Waals surface area (Å²) in [4.78, 5) is 4.58. The van der Waals surface area contributed by atoms with E-state index in [0.717, 1.165) is 11.3 Å². The van der Waals surface area contributed by atoms with Gasteiger partial charge in [-0.15, -0.1) is 11.3 Å². The lowest BCUT2D eigenvalue weighted by Crippen LogP contribution is -2.12. The Bertz CT molecular complexity index is 1020. The molecule has 5 nitrogen and oxygen atoms in total. The van der Waals surface area contributed by atoms with E-state index in [-0.39, 0.29) is 10.3 Å². The summed E-state index contributed by atoms with van der Waals surface area (Å²) in [6.45, 7) is 6.49. The third-order valence-electron chi connectivity index (χ3n) is 4.14. The summed E-state index contributed by atoms with van der Waals surface area (Å²) in [7, 11) is -2.16. The van der Waals surface area contributed by atoms with Crippen molar-refractivity contribution in [3.63, 3.8) is 0 Å². The number of ether oxygens (including phenoxy) is 1.